The van der Waals surface area contributed by atoms with Gasteiger partial charge in [0.2, 0.25) is 0 Å². The van der Waals surface area contributed by atoms with E-state index in [1.165, 1.54) is 11.8 Å². The number of aliphatic hydroxyl groups is 1. The third-order valence-electron chi connectivity index (χ3n) is 2.23. The van der Waals surface area contributed by atoms with E-state index in [-0.39, 0.29) is 0 Å². The molecular weight excluding hydrogens is 302 g/mol. The smallest absolute Gasteiger partial charge is 0.260 e. The highest BCUT2D eigenvalue weighted by molar-refractivity contribution is 9.10. The molecule has 0 saturated heterocycles. The van der Waals surface area contributed by atoms with Gasteiger partial charge in [-0.25, -0.2) is 4.98 Å². The Kier molecular flexibility index (Phi) is 3.91. The van der Waals surface area contributed by atoms with E-state index in [1.54, 1.807) is 13.2 Å². The molecule has 0 amide bonds. The van der Waals surface area contributed by atoms with Gasteiger partial charge in [-0.05, 0) is 59.2 Å². The number of halogens is 1. The third kappa shape index (κ3) is 3.12. The highest BCUT2D eigenvalue weighted by Gasteiger charge is 2.09. The number of nitrogens with zero attached hydrogens (tertiary/aromatic N) is 1. The minimum atomic E-state index is -0.464. The normalized spacial score (nSPS) is 12.7. The molecule has 0 bridgehead atoms. The van der Waals surface area contributed by atoms with Crippen molar-refractivity contribution in [2.75, 3.05) is 0 Å². The number of benzene rings is 1. The van der Waals surface area contributed by atoms with Crippen molar-refractivity contribution in [2.45, 2.75) is 30.1 Å². The van der Waals surface area contributed by atoms with Crippen LogP contribution in [0.1, 0.15) is 24.3 Å². The van der Waals surface area contributed by atoms with E-state index in [1.807, 2.05) is 25.1 Å². The van der Waals surface area contributed by atoms with Crippen molar-refractivity contribution < 1.29 is 9.52 Å². The zero-order valence-electron chi connectivity index (χ0n) is 9.48. The zero-order valence-corrected chi connectivity index (χ0v) is 11.9. The maximum atomic E-state index is 9.47. The molecule has 0 spiro atoms. The highest BCUT2D eigenvalue weighted by Crippen LogP contribution is 2.34. The molecule has 2 aromatic rings. The molecule has 0 aliphatic heterocycles. The van der Waals surface area contributed by atoms with Crippen LogP contribution in [0, 0.1) is 6.92 Å². The second-order valence-corrected chi connectivity index (χ2v) is 5.57. The first-order valence-electron chi connectivity index (χ1n) is 5.14. The summed E-state index contributed by atoms with van der Waals surface area (Å²) >= 11 is 4.93. The van der Waals surface area contributed by atoms with Crippen LogP contribution in [-0.2, 0) is 0 Å². The summed E-state index contributed by atoms with van der Waals surface area (Å²) in [6.45, 7) is 3.63. The molecule has 5 heteroatoms. The van der Waals surface area contributed by atoms with E-state index >= 15 is 0 Å². The Morgan fingerprint density at radius 3 is 2.76 bits per heavy atom. The summed E-state index contributed by atoms with van der Waals surface area (Å²) in [6.07, 6.45) is 1.16. The Morgan fingerprint density at radius 1 is 1.47 bits per heavy atom. The van der Waals surface area contributed by atoms with Gasteiger partial charge in [0.25, 0.3) is 5.22 Å². The molecule has 1 N–H and O–H groups in total. The van der Waals surface area contributed by atoms with Crippen molar-refractivity contribution in [3.63, 3.8) is 0 Å². The Morgan fingerprint density at radius 2 is 2.24 bits per heavy atom. The maximum absolute atomic E-state index is 9.47. The number of oxazole rings is 1. The monoisotopic (exact) mass is 313 g/mol. The number of aliphatic hydroxyl groups excluding tert-OH is 1. The molecule has 1 aromatic heterocycles. The average Bonchev–Trinajstić information content (AvgIpc) is 2.67. The summed E-state index contributed by atoms with van der Waals surface area (Å²) in [6, 6.07) is 5.74. The van der Waals surface area contributed by atoms with Gasteiger partial charge >= 0.3 is 0 Å². The largest absolute Gasteiger partial charge is 0.439 e. The second kappa shape index (κ2) is 5.25. The number of aryl methyl sites for hydroxylation is 1. The Labute approximate surface area is 112 Å². The zero-order chi connectivity index (χ0) is 12.4. The number of aromatic nitrogens is 1. The highest BCUT2D eigenvalue weighted by atomic mass is 79.9. The van der Waals surface area contributed by atoms with Gasteiger partial charge in [0, 0.05) is 9.37 Å². The molecule has 0 fully saturated rings. The molecule has 0 saturated carbocycles. The van der Waals surface area contributed by atoms with Gasteiger partial charge in [-0.3, -0.25) is 0 Å². The van der Waals surface area contributed by atoms with Crippen LogP contribution in [0.25, 0.3) is 0 Å². The molecule has 90 valence electrons. The van der Waals surface area contributed by atoms with Crippen molar-refractivity contribution in [3.8, 4) is 0 Å². The van der Waals surface area contributed by atoms with Crippen molar-refractivity contribution >= 4 is 27.7 Å². The molecule has 1 atom stereocenters. The molecule has 0 unspecified atom stereocenters. The predicted octanol–water partition coefficient (Wildman–Crippen LogP) is 3.95. The predicted molar refractivity (Wildman–Crippen MR) is 70.1 cm³/mol. The van der Waals surface area contributed by atoms with Gasteiger partial charge in [-0.15, -0.1) is 0 Å². The fourth-order valence-corrected chi connectivity index (χ4v) is 2.74. The van der Waals surface area contributed by atoms with Gasteiger partial charge < -0.3 is 9.52 Å². The lowest BCUT2D eigenvalue weighted by molar-refractivity contribution is 0.199. The van der Waals surface area contributed by atoms with Gasteiger partial charge in [-0.2, -0.15) is 0 Å². The molecule has 1 heterocycles. The Balaban J connectivity index is 2.22. The van der Waals surface area contributed by atoms with Gasteiger partial charge in [-0.1, -0.05) is 6.07 Å². The molecular formula is C12H12BrNO2S. The SMILES string of the molecule is Cc1coc(Sc2ccc([C@H](C)O)cc2Br)n1. The number of rotatable bonds is 3. The van der Waals surface area contributed by atoms with E-state index in [0.717, 1.165) is 20.6 Å². The molecule has 0 aliphatic carbocycles. The summed E-state index contributed by atoms with van der Waals surface area (Å²) in [5.41, 5.74) is 1.74. The van der Waals surface area contributed by atoms with E-state index < -0.39 is 6.10 Å². The molecule has 2 rings (SSSR count). The first kappa shape index (κ1) is 12.7. The molecule has 0 radical (unpaired) electrons. The average molecular weight is 314 g/mol. The van der Waals surface area contributed by atoms with E-state index in [0.29, 0.717) is 5.22 Å². The quantitative estimate of drug-likeness (QED) is 0.932. The molecule has 17 heavy (non-hydrogen) atoms. The van der Waals surface area contributed by atoms with Gasteiger partial charge in [0.1, 0.15) is 6.26 Å². The van der Waals surface area contributed by atoms with Crippen LogP contribution >= 0.6 is 27.7 Å². The van der Waals surface area contributed by atoms with Crippen molar-refractivity contribution in [3.05, 3.63) is 40.2 Å². The molecule has 3 nitrogen and oxygen atoms in total. The Hall–Kier alpha value is -0.780. The van der Waals surface area contributed by atoms with Crippen LogP contribution in [0.15, 0.2) is 43.5 Å². The van der Waals surface area contributed by atoms with Crippen LogP contribution in [0.2, 0.25) is 0 Å². The fraction of sp³-hybridized carbons (Fsp3) is 0.250. The summed E-state index contributed by atoms with van der Waals surface area (Å²) in [4.78, 5) is 5.24. The van der Waals surface area contributed by atoms with E-state index in [2.05, 4.69) is 20.9 Å². The van der Waals surface area contributed by atoms with Gasteiger partial charge in [0.05, 0.1) is 11.8 Å². The Bertz CT molecular complexity index is 525. The topological polar surface area (TPSA) is 46.3 Å². The van der Waals surface area contributed by atoms with Crippen molar-refractivity contribution in [1.29, 1.82) is 0 Å². The van der Waals surface area contributed by atoms with Crippen LogP contribution in [-0.4, -0.2) is 10.1 Å². The summed E-state index contributed by atoms with van der Waals surface area (Å²) in [5, 5.41) is 10.1. The van der Waals surface area contributed by atoms with Crippen LogP contribution in [0.5, 0.6) is 0 Å². The standard InChI is InChI=1S/C12H12BrNO2S/c1-7-6-16-12(14-7)17-11-4-3-9(8(2)15)5-10(11)13/h3-6,8,15H,1-2H3/t8-/m0/s1. The number of hydrogen-bond acceptors (Lipinski definition) is 4. The summed E-state index contributed by atoms with van der Waals surface area (Å²) in [5.74, 6) is 0. The molecule has 1 aromatic carbocycles. The maximum Gasteiger partial charge on any atom is 0.260 e. The van der Waals surface area contributed by atoms with Gasteiger partial charge in [0.15, 0.2) is 0 Å². The fourth-order valence-electron chi connectivity index (χ4n) is 1.33. The molecule has 0 aliphatic rings. The van der Waals surface area contributed by atoms with Crippen molar-refractivity contribution in [1.82, 2.24) is 4.98 Å². The third-order valence-corrected chi connectivity index (χ3v) is 4.09. The van der Waals surface area contributed by atoms with Crippen molar-refractivity contribution in [2.24, 2.45) is 0 Å². The van der Waals surface area contributed by atoms with Crippen LogP contribution in [0.3, 0.4) is 0 Å². The lowest BCUT2D eigenvalue weighted by Gasteiger charge is -2.07. The minimum Gasteiger partial charge on any atom is -0.439 e. The minimum absolute atomic E-state index is 0.464. The lowest BCUT2D eigenvalue weighted by atomic mass is 10.1. The van der Waals surface area contributed by atoms with E-state index in [9.17, 15) is 5.11 Å². The van der Waals surface area contributed by atoms with Crippen LogP contribution < -0.4 is 0 Å². The van der Waals surface area contributed by atoms with Crippen LogP contribution in [0.4, 0.5) is 0 Å². The second-order valence-electron chi connectivity index (χ2n) is 3.72. The van der Waals surface area contributed by atoms with E-state index in [4.69, 9.17) is 4.42 Å². The number of hydrogen-bond donors (Lipinski definition) is 1. The summed E-state index contributed by atoms with van der Waals surface area (Å²) in [7, 11) is 0. The summed E-state index contributed by atoms with van der Waals surface area (Å²) < 4.78 is 6.21. The first-order valence-corrected chi connectivity index (χ1v) is 6.74. The first-order chi connectivity index (χ1) is 8.06. The lowest BCUT2D eigenvalue weighted by Crippen LogP contribution is -1.90.